The Labute approximate surface area is 126 Å². The van der Waals surface area contributed by atoms with Gasteiger partial charge in [0.15, 0.2) is 0 Å². The van der Waals surface area contributed by atoms with E-state index in [1.54, 1.807) is 19.2 Å². The summed E-state index contributed by atoms with van der Waals surface area (Å²) in [5.74, 6) is -0.528. The first kappa shape index (κ1) is 15.1. The van der Waals surface area contributed by atoms with E-state index in [0.717, 1.165) is 15.6 Å². The van der Waals surface area contributed by atoms with Crippen LogP contribution < -0.4 is 5.32 Å². The van der Waals surface area contributed by atoms with Crippen LogP contribution in [0.5, 0.6) is 0 Å². The molecular weight excluding hydrogens is 324 g/mol. The highest BCUT2D eigenvalue weighted by molar-refractivity contribution is 9.10. The van der Waals surface area contributed by atoms with Crippen LogP contribution in [0.25, 0.3) is 0 Å². The average molecular weight is 340 g/mol. The number of likely N-dealkylation sites (N-methyl/N-ethyl adjacent to an activating group) is 1. The summed E-state index contributed by atoms with van der Waals surface area (Å²) in [5.41, 5.74) is 2.28. The lowest BCUT2D eigenvalue weighted by molar-refractivity contribution is 0.531. The molecule has 0 saturated carbocycles. The fourth-order valence-corrected chi connectivity index (χ4v) is 2.61. The summed E-state index contributed by atoms with van der Waals surface area (Å²) in [7, 11) is 1.77. The van der Waals surface area contributed by atoms with Crippen molar-refractivity contribution in [1.82, 2.24) is 5.32 Å². The van der Waals surface area contributed by atoms with Crippen molar-refractivity contribution in [1.29, 1.82) is 0 Å². The highest BCUT2D eigenvalue weighted by Crippen LogP contribution is 2.26. The molecule has 106 valence electrons. The van der Waals surface area contributed by atoms with Crippen molar-refractivity contribution < 1.29 is 8.78 Å². The molecule has 4 heteroatoms. The van der Waals surface area contributed by atoms with Gasteiger partial charge in [0.2, 0.25) is 0 Å². The summed E-state index contributed by atoms with van der Waals surface area (Å²) in [5, 5.41) is 3.09. The van der Waals surface area contributed by atoms with Gasteiger partial charge in [-0.1, -0.05) is 28.1 Å². The van der Waals surface area contributed by atoms with Crippen LogP contribution in [0.2, 0.25) is 0 Å². The third-order valence-electron chi connectivity index (χ3n) is 3.31. The van der Waals surface area contributed by atoms with Crippen LogP contribution in [0.1, 0.15) is 22.7 Å². The normalized spacial score (nSPS) is 12.4. The van der Waals surface area contributed by atoms with Crippen molar-refractivity contribution in [2.45, 2.75) is 19.4 Å². The van der Waals surface area contributed by atoms with Gasteiger partial charge in [0.05, 0.1) is 0 Å². The second-order valence-corrected chi connectivity index (χ2v) is 5.66. The molecule has 0 bridgehead atoms. The lowest BCUT2D eigenvalue weighted by Gasteiger charge is -2.18. The summed E-state index contributed by atoms with van der Waals surface area (Å²) in [6.07, 6.45) is 0.509. The van der Waals surface area contributed by atoms with Gasteiger partial charge < -0.3 is 5.32 Å². The van der Waals surface area contributed by atoms with Crippen LogP contribution in [0.3, 0.4) is 0 Å². The first-order chi connectivity index (χ1) is 9.51. The molecule has 0 amide bonds. The topological polar surface area (TPSA) is 12.0 Å². The number of rotatable bonds is 4. The minimum Gasteiger partial charge on any atom is -0.313 e. The molecule has 1 nitrogen and oxygen atoms in total. The van der Waals surface area contributed by atoms with Crippen molar-refractivity contribution in [3.05, 3.63) is 69.2 Å². The first-order valence-electron chi connectivity index (χ1n) is 6.38. The summed E-state index contributed by atoms with van der Waals surface area (Å²) in [4.78, 5) is 0. The minimum atomic E-state index is -0.289. The Hall–Kier alpha value is -1.26. The number of hydrogen-bond acceptors (Lipinski definition) is 1. The Balaban J connectivity index is 2.31. The van der Waals surface area contributed by atoms with Crippen molar-refractivity contribution in [3.8, 4) is 0 Å². The maximum Gasteiger partial charge on any atom is 0.128 e. The van der Waals surface area contributed by atoms with Crippen LogP contribution in [0.4, 0.5) is 8.78 Å². The van der Waals surface area contributed by atoms with Crippen molar-refractivity contribution in [2.24, 2.45) is 0 Å². The Kier molecular flexibility index (Phi) is 4.89. The summed E-state index contributed by atoms with van der Waals surface area (Å²) in [6, 6.07) is 9.51. The number of aryl methyl sites for hydroxylation is 1. The largest absolute Gasteiger partial charge is 0.313 e. The summed E-state index contributed by atoms with van der Waals surface area (Å²) >= 11 is 3.40. The highest BCUT2D eigenvalue weighted by atomic mass is 79.9. The Morgan fingerprint density at radius 3 is 2.55 bits per heavy atom. The quantitative estimate of drug-likeness (QED) is 0.862. The van der Waals surface area contributed by atoms with E-state index in [4.69, 9.17) is 0 Å². The third kappa shape index (κ3) is 3.44. The zero-order chi connectivity index (χ0) is 14.7. The van der Waals surface area contributed by atoms with Gasteiger partial charge in [-0.25, -0.2) is 8.78 Å². The fraction of sp³-hybridized carbons (Fsp3) is 0.250. The van der Waals surface area contributed by atoms with E-state index in [-0.39, 0.29) is 17.7 Å². The average Bonchev–Trinajstić information content (AvgIpc) is 2.40. The smallest absolute Gasteiger partial charge is 0.128 e. The minimum absolute atomic E-state index is 0.200. The molecule has 0 radical (unpaired) electrons. The molecule has 2 aromatic carbocycles. The molecule has 0 heterocycles. The predicted molar refractivity (Wildman–Crippen MR) is 80.7 cm³/mol. The van der Waals surface area contributed by atoms with Crippen molar-refractivity contribution in [2.75, 3.05) is 7.05 Å². The molecule has 1 atom stereocenters. The van der Waals surface area contributed by atoms with Gasteiger partial charge in [0.25, 0.3) is 0 Å². The van der Waals surface area contributed by atoms with E-state index >= 15 is 0 Å². The molecule has 0 aliphatic carbocycles. The van der Waals surface area contributed by atoms with Gasteiger partial charge in [-0.05, 0) is 55.8 Å². The van der Waals surface area contributed by atoms with Crippen molar-refractivity contribution in [3.63, 3.8) is 0 Å². The highest BCUT2D eigenvalue weighted by Gasteiger charge is 2.16. The molecule has 2 aromatic rings. The molecule has 1 N–H and O–H groups in total. The van der Waals surface area contributed by atoms with E-state index in [0.29, 0.717) is 12.0 Å². The molecular formula is C16H16BrF2N. The maximum atomic E-state index is 14.0. The van der Waals surface area contributed by atoms with Crippen LogP contribution in [-0.4, -0.2) is 7.05 Å². The lowest BCUT2D eigenvalue weighted by atomic mass is 9.97. The van der Waals surface area contributed by atoms with E-state index in [1.165, 1.54) is 18.2 Å². The number of nitrogens with one attached hydrogen (secondary N) is 1. The standard InChI is InChI=1S/C16H16BrF2N/c1-10-3-5-13(15(19)7-10)16(20-2)9-11-8-12(18)4-6-14(11)17/h3-8,16,20H,9H2,1-2H3. The van der Waals surface area contributed by atoms with E-state index < -0.39 is 0 Å². The van der Waals surface area contributed by atoms with Crippen LogP contribution in [-0.2, 0) is 6.42 Å². The molecule has 1 unspecified atom stereocenters. The van der Waals surface area contributed by atoms with Gasteiger partial charge in [-0.3, -0.25) is 0 Å². The Morgan fingerprint density at radius 1 is 1.15 bits per heavy atom. The monoisotopic (exact) mass is 339 g/mol. The second-order valence-electron chi connectivity index (χ2n) is 4.81. The van der Waals surface area contributed by atoms with E-state index in [1.807, 2.05) is 13.0 Å². The Bertz CT molecular complexity index is 613. The Morgan fingerprint density at radius 2 is 1.90 bits per heavy atom. The van der Waals surface area contributed by atoms with Gasteiger partial charge in [-0.2, -0.15) is 0 Å². The maximum absolute atomic E-state index is 14.0. The fourth-order valence-electron chi connectivity index (χ4n) is 2.20. The molecule has 2 rings (SSSR count). The lowest BCUT2D eigenvalue weighted by Crippen LogP contribution is -2.20. The van der Waals surface area contributed by atoms with Gasteiger partial charge in [0.1, 0.15) is 11.6 Å². The summed E-state index contributed by atoms with van der Waals surface area (Å²) in [6.45, 7) is 1.85. The van der Waals surface area contributed by atoms with Crippen LogP contribution in [0, 0.1) is 18.6 Å². The number of benzene rings is 2. The molecule has 0 aromatic heterocycles. The first-order valence-corrected chi connectivity index (χ1v) is 7.18. The third-order valence-corrected chi connectivity index (χ3v) is 4.09. The van der Waals surface area contributed by atoms with Crippen LogP contribution >= 0.6 is 15.9 Å². The van der Waals surface area contributed by atoms with Gasteiger partial charge in [0, 0.05) is 16.1 Å². The molecule has 0 fully saturated rings. The zero-order valence-electron chi connectivity index (χ0n) is 11.4. The predicted octanol–water partition coefficient (Wildman–Crippen LogP) is 4.54. The van der Waals surface area contributed by atoms with Crippen molar-refractivity contribution >= 4 is 15.9 Å². The SMILES string of the molecule is CNC(Cc1cc(F)ccc1Br)c1ccc(C)cc1F. The number of hydrogen-bond donors (Lipinski definition) is 1. The molecule has 20 heavy (non-hydrogen) atoms. The van der Waals surface area contributed by atoms with E-state index in [2.05, 4.69) is 21.2 Å². The summed E-state index contributed by atoms with van der Waals surface area (Å²) < 4.78 is 28.2. The van der Waals surface area contributed by atoms with E-state index in [9.17, 15) is 8.78 Å². The molecule has 0 saturated heterocycles. The van der Waals surface area contributed by atoms with Crippen LogP contribution in [0.15, 0.2) is 40.9 Å². The van der Waals surface area contributed by atoms with Gasteiger partial charge in [-0.15, -0.1) is 0 Å². The molecule has 0 aliphatic rings. The zero-order valence-corrected chi connectivity index (χ0v) is 13.0. The molecule has 0 spiro atoms. The molecule has 0 aliphatic heterocycles. The number of halogens is 3. The second kappa shape index (κ2) is 6.46. The van der Waals surface area contributed by atoms with Gasteiger partial charge >= 0.3 is 0 Å².